The van der Waals surface area contributed by atoms with E-state index < -0.39 is 0 Å². The Balaban J connectivity index is 1.31. The summed E-state index contributed by atoms with van der Waals surface area (Å²) in [6.07, 6.45) is 6.26. The summed E-state index contributed by atoms with van der Waals surface area (Å²) in [6, 6.07) is 13.0. The summed E-state index contributed by atoms with van der Waals surface area (Å²) in [6.45, 7) is 3.29. The summed E-state index contributed by atoms with van der Waals surface area (Å²) in [5.74, 6) is 1.31. The van der Waals surface area contributed by atoms with Gasteiger partial charge >= 0.3 is 0 Å². The Kier molecular flexibility index (Phi) is 6.13. The van der Waals surface area contributed by atoms with Crippen LogP contribution in [0.15, 0.2) is 58.6 Å². The van der Waals surface area contributed by atoms with Gasteiger partial charge in [-0.05, 0) is 50.2 Å². The van der Waals surface area contributed by atoms with Crippen molar-refractivity contribution in [3.8, 4) is 0 Å². The number of hydrogen-bond acceptors (Lipinski definition) is 7. The molecule has 1 aromatic carbocycles. The number of aromatic nitrogens is 6. The number of benzene rings is 1. The zero-order valence-corrected chi connectivity index (χ0v) is 20.7. The summed E-state index contributed by atoms with van der Waals surface area (Å²) < 4.78 is 3.29. The first-order valence-electron chi connectivity index (χ1n) is 11.8. The summed E-state index contributed by atoms with van der Waals surface area (Å²) in [7, 11) is 0. The highest BCUT2D eigenvalue weighted by Crippen LogP contribution is 2.26. The number of likely N-dealkylation sites (tertiary alicyclic amines) is 1. The Bertz CT molecular complexity index is 1590. The molecule has 1 aliphatic rings. The number of fused-ring (bicyclic) bond motifs is 4. The summed E-state index contributed by atoms with van der Waals surface area (Å²) in [5, 5.41) is 7.03. The molecule has 0 spiro atoms. The molecule has 1 saturated heterocycles. The van der Waals surface area contributed by atoms with Crippen LogP contribution in [0.2, 0.25) is 5.02 Å². The standard InChI is InChI=1S/C25H24ClN7OS/c26-17-8-9-22-27-18(14-23(34)32(22)15-17)16-35-25-28-20-7-3-2-6-19(20)24-29-21(30-33(24)25)10-13-31-11-4-1-5-12-31/h2-3,6-9,14-15H,1,4-5,10-13,16H2. The van der Waals surface area contributed by atoms with Crippen molar-refractivity contribution in [2.45, 2.75) is 36.6 Å². The molecule has 0 aliphatic carbocycles. The number of thioether (sulfide) groups is 1. The molecule has 0 atom stereocenters. The molecule has 0 unspecified atom stereocenters. The van der Waals surface area contributed by atoms with E-state index in [1.807, 2.05) is 28.8 Å². The monoisotopic (exact) mass is 505 g/mol. The van der Waals surface area contributed by atoms with Gasteiger partial charge in [-0.3, -0.25) is 9.20 Å². The first kappa shape index (κ1) is 22.5. The van der Waals surface area contributed by atoms with E-state index in [-0.39, 0.29) is 5.56 Å². The molecular formula is C25H24ClN7OS. The highest BCUT2D eigenvalue weighted by atomic mass is 35.5. The fraction of sp³-hybridized carbons (Fsp3) is 0.320. The van der Waals surface area contributed by atoms with E-state index in [4.69, 9.17) is 26.7 Å². The molecule has 0 radical (unpaired) electrons. The van der Waals surface area contributed by atoms with Crippen molar-refractivity contribution in [3.63, 3.8) is 0 Å². The van der Waals surface area contributed by atoms with Crippen LogP contribution in [-0.2, 0) is 12.2 Å². The van der Waals surface area contributed by atoms with E-state index in [0.29, 0.717) is 22.1 Å². The van der Waals surface area contributed by atoms with Gasteiger partial charge in [0.1, 0.15) is 5.65 Å². The van der Waals surface area contributed by atoms with Crippen LogP contribution in [0.1, 0.15) is 30.8 Å². The summed E-state index contributed by atoms with van der Waals surface area (Å²) >= 11 is 7.53. The van der Waals surface area contributed by atoms with Crippen LogP contribution in [0.3, 0.4) is 0 Å². The molecule has 6 rings (SSSR count). The molecule has 10 heteroatoms. The maximum Gasteiger partial charge on any atom is 0.258 e. The van der Waals surface area contributed by atoms with Gasteiger partial charge in [0.05, 0.1) is 16.2 Å². The number of hydrogen-bond donors (Lipinski definition) is 0. The Morgan fingerprint density at radius 2 is 1.86 bits per heavy atom. The van der Waals surface area contributed by atoms with Gasteiger partial charge in [-0.1, -0.05) is 41.9 Å². The molecule has 0 N–H and O–H groups in total. The van der Waals surface area contributed by atoms with Crippen molar-refractivity contribution in [3.05, 3.63) is 75.6 Å². The second-order valence-electron chi connectivity index (χ2n) is 8.78. The topological polar surface area (TPSA) is 80.7 Å². The maximum atomic E-state index is 12.6. The molecule has 178 valence electrons. The number of halogens is 1. The van der Waals surface area contributed by atoms with Gasteiger partial charge in [0.25, 0.3) is 5.56 Å². The number of pyridine rings is 1. The number of nitrogens with zero attached hydrogens (tertiary/aromatic N) is 7. The van der Waals surface area contributed by atoms with Crippen LogP contribution in [0.25, 0.3) is 22.2 Å². The minimum Gasteiger partial charge on any atom is -0.303 e. The normalized spacial score (nSPS) is 14.9. The molecule has 8 nitrogen and oxygen atoms in total. The summed E-state index contributed by atoms with van der Waals surface area (Å²) in [4.78, 5) is 29.4. The van der Waals surface area contributed by atoms with Crippen molar-refractivity contribution in [2.24, 2.45) is 0 Å². The predicted molar refractivity (Wildman–Crippen MR) is 138 cm³/mol. The van der Waals surface area contributed by atoms with Crippen molar-refractivity contribution in [2.75, 3.05) is 19.6 Å². The lowest BCUT2D eigenvalue weighted by atomic mass is 10.1. The zero-order chi connectivity index (χ0) is 23.8. The van der Waals surface area contributed by atoms with Crippen LogP contribution in [0.4, 0.5) is 0 Å². The van der Waals surface area contributed by atoms with Gasteiger partial charge in [-0.15, -0.1) is 5.10 Å². The highest BCUT2D eigenvalue weighted by Gasteiger charge is 2.16. The molecular weight excluding hydrogens is 482 g/mol. The quantitative estimate of drug-likeness (QED) is 0.252. The van der Waals surface area contributed by atoms with Gasteiger partial charge in [0.15, 0.2) is 16.6 Å². The van der Waals surface area contributed by atoms with E-state index in [9.17, 15) is 4.79 Å². The Labute approximate surface area is 211 Å². The third-order valence-corrected chi connectivity index (χ3v) is 7.51. The van der Waals surface area contributed by atoms with Crippen molar-refractivity contribution in [1.29, 1.82) is 0 Å². The van der Waals surface area contributed by atoms with Crippen LogP contribution < -0.4 is 5.56 Å². The largest absolute Gasteiger partial charge is 0.303 e. The molecule has 0 amide bonds. The smallest absolute Gasteiger partial charge is 0.258 e. The van der Waals surface area contributed by atoms with Gasteiger partial charge in [-0.25, -0.2) is 15.0 Å². The SMILES string of the molecule is O=c1cc(CSc2nc3ccccc3c3nc(CCN4CCCCC4)nn23)nc2ccc(Cl)cn12. The van der Waals surface area contributed by atoms with Gasteiger partial charge in [0, 0.05) is 36.4 Å². The maximum absolute atomic E-state index is 12.6. The van der Waals surface area contributed by atoms with Gasteiger partial charge in [0.2, 0.25) is 0 Å². The Hall–Kier alpha value is -3.01. The van der Waals surface area contributed by atoms with E-state index in [0.717, 1.165) is 53.6 Å². The van der Waals surface area contributed by atoms with Crippen LogP contribution in [0.5, 0.6) is 0 Å². The molecule has 5 aromatic rings. The average molecular weight is 506 g/mol. The highest BCUT2D eigenvalue weighted by molar-refractivity contribution is 7.98. The second kappa shape index (κ2) is 9.56. The van der Waals surface area contributed by atoms with Crippen molar-refractivity contribution >= 4 is 45.6 Å². The Morgan fingerprint density at radius 3 is 2.74 bits per heavy atom. The van der Waals surface area contributed by atoms with Crippen LogP contribution in [-0.4, -0.2) is 53.5 Å². The van der Waals surface area contributed by atoms with E-state index >= 15 is 0 Å². The molecule has 0 bridgehead atoms. The summed E-state index contributed by atoms with van der Waals surface area (Å²) in [5.41, 5.74) is 2.77. The van der Waals surface area contributed by atoms with E-state index in [1.54, 1.807) is 24.4 Å². The molecule has 1 fully saturated rings. The third-order valence-electron chi connectivity index (χ3n) is 6.32. The lowest BCUT2D eigenvalue weighted by Crippen LogP contribution is -2.31. The van der Waals surface area contributed by atoms with Crippen LogP contribution >= 0.6 is 23.4 Å². The molecule has 1 aliphatic heterocycles. The average Bonchev–Trinajstić information content (AvgIpc) is 3.32. The minimum atomic E-state index is -0.162. The number of piperidine rings is 1. The van der Waals surface area contributed by atoms with Crippen LogP contribution in [0, 0.1) is 0 Å². The molecule has 35 heavy (non-hydrogen) atoms. The number of rotatable bonds is 6. The third kappa shape index (κ3) is 4.63. The van der Waals surface area contributed by atoms with E-state index in [1.165, 1.54) is 35.4 Å². The molecule has 0 saturated carbocycles. The predicted octanol–water partition coefficient (Wildman–Crippen LogP) is 4.26. The van der Waals surface area contributed by atoms with E-state index in [2.05, 4.69) is 9.88 Å². The minimum absolute atomic E-state index is 0.162. The van der Waals surface area contributed by atoms with Gasteiger partial charge < -0.3 is 4.90 Å². The lowest BCUT2D eigenvalue weighted by molar-refractivity contribution is 0.230. The zero-order valence-electron chi connectivity index (χ0n) is 19.1. The molecule has 4 aromatic heterocycles. The fourth-order valence-electron chi connectivity index (χ4n) is 4.55. The van der Waals surface area contributed by atoms with Crippen molar-refractivity contribution in [1.82, 2.24) is 33.9 Å². The lowest BCUT2D eigenvalue weighted by Gasteiger charge is -2.25. The number of para-hydroxylation sites is 1. The van der Waals surface area contributed by atoms with Gasteiger partial charge in [-0.2, -0.15) is 4.52 Å². The Morgan fingerprint density at radius 1 is 1.00 bits per heavy atom. The fourth-order valence-corrected chi connectivity index (χ4v) is 5.55. The van der Waals surface area contributed by atoms with Crippen molar-refractivity contribution < 1.29 is 0 Å². The first-order chi connectivity index (χ1) is 17.1. The molecule has 5 heterocycles. The first-order valence-corrected chi connectivity index (χ1v) is 13.2. The second-order valence-corrected chi connectivity index (χ2v) is 10.2.